The topological polar surface area (TPSA) is 105 Å². The van der Waals surface area contributed by atoms with Crippen LogP contribution >= 0.6 is 0 Å². The average molecular weight is 516 g/mol. The lowest BCUT2D eigenvalue weighted by Gasteiger charge is -2.11. The number of hydrogen-bond acceptors (Lipinski definition) is 8. The molecule has 0 radical (unpaired) electrons. The Hall–Kier alpha value is -4.87. The second-order valence-electron chi connectivity index (χ2n) is 7.10. The Kier molecular flexibility index (Phi) is 8.12. The molecule has 0 aliphatic rings. The van der Waals surface area contributed by atoms with Crippen molar-refractivity contribution < 1.29 is 46.2 Å². The van der Waals surface area contributed by atoms with E-state index in [1.807, 2.05) is 0 Å². The summed E-state index contributed by atoms with van der Waals surface area (Å²) in [5, 5.41) is 0. The summed E-state index contributed by atoms with van der Waals surface area (Å²) in [4.78, 5) is 44.0. The lowest BCUT2D eigenvalue weighted by molar-refractivity contribution is -0.122. The van der Waals surface area contributed by atoms with Gasteiger partial charge in [0.15, 0.2) is 5.82 Å². The molecule has 0 aliphatic carbocycles. The summed E-state index contributed by atoms with van der Waals surface area (Å²) in [7, 11) is 0. The van der Waals surface area contributed by atoms with Gasteiger partial charge in [0.2, 0.25) is 5.76 Å². The first-order chi connectivity index (χ1) is 17.5. The highest BCUT2D eigenvalue weighted by Gasteiger charge is 2.36. The fourth-order valence-electron chi connectivity index (χ4n) is 2.67. The Labute approximate surface area is 206 Å². The molecular weight excluding hydrogens is 500 g/mol. The molecule has 0 fully saturated rings. The first kappa shape index (κ1) is 26.7. The molecule has 190 valence electrons. The molecule has 0 bridgehead atoms. The highest BCUT2D eigenvalue weighted by Crippen LogP contribution is 2.26. The van der Waals surface area contributed by atoms with E-state index in [1.165, 1.54) is 42.7 Å². The van der Waals surface area contributed by atoms with E-state index in [2.05, 4.69) is 27.9 Å². The Morgan fingerprint density at radius 3 is 2.14 bits per heavy atom. The third kappa shape index (κ3) is 6.84. The molecule has 0 saturated carbocycles. The van der Waals surface area contributed by atoms with Crippen molar-refractivity contribution in [2.75, 3.05) is 6.61 Å². The van der Waals surface area contributed by atoms with Crippen LogP contribution in [0.5, 0.6) is 5.75 Å². The maximum Gasteiger partial charge on any atom is 0.449 e. The van der Waals surface area contributed by atoms with Gasteiger partial charge in [0, 0.05) is 18.0 Å². The minimum atomic E-state index is -4.97. The zero-order valence-electron chi connectivity index (χ0n) is 18.8. The molecule has 8 nitrogen and oxygen atoms in total. The third-order valence-corrected chi connectivity index (χ3v) is 4.50. The molecule has 0 aliphatic heterocycles. The molecule has 3 rings (SSSR count). The van der Waals surface area contributed by atoms with Crippen LogP contribution in [-0.4, -0.2) is 40.7 Å². The van der Waals surface area contributed by atoms with Crippen molar-refractivity contribution in [2.24, 2.45) is 0 Å². The van der Waals surface area contributed by atoms with Crippen molar-refractivity contribution >= 4 is 17.9 Å². The highest BCUT2D eigenvalue weighted by molar-refractivity contribution is 5.94. The molecular formula is C25H16F4N2O6. The minimum absolute atomic E-state index is 0.0303. The van der Waals surface area contributed by atoms with Crippen molar-refractivity contribution in [3.63, 3.8) is 0 Å². The standard InChI is InChI=1S/C25H16F4N2O6/c1-3-10-35-22(32)17-12-30-21(31-13-17)15-4-7-18(8-5-15)37-24(34)19-9-6-16(11-20(19)26)23(33)36-14(2)25(27,28)29/h3-9,11-13H,1-2,10H2. The number of aromatic nitrogens is 2. The Balaban J connectivity index is 1.65. The molecule has 0 unspecified atom stereocenters. The molecule has 37 heavy (non-hydrogen) atoms. The van der Waals surface area contributed by atoms with E-state index in [0.29, 0.717) is 11.6 Å². The zero-order chi connectivity index (χ0) is 27.2. The summed E-state index contributed by atoms with van der Waals surface area (Å²) >= 11 is 0. The summed E-state index contributed by atoms with van der Waals surface area (Å²) in [6.45, 7) is 6.07. The zero-order valence-corrected chi connectivity index (χ0v) is 18.8. The Morgan fingerprint density at radius 2 is 1.57 bits per heavy atom. The summed E-state index contributed by atoms with van der Waals surface area (Å²) in [6, 6.07) is 8.11. The fraction of sp³-hybridized carbons (Fsp3) is 0.0800. The molecule has 1 heterocycles. The van der Waals surface area contributed by atoms with Gasteiger partial charge in [-0.05, 0) is 42.5 Å². The van der Waals surface area contributed by atoms with Crippen LogP contribution in [0.2, 0.25) is 0 Å². The van der Waals surface area contributed by atoms with Crippen LogP contribution in [0.25, 0.3) is 11.4 Å². The molecule has 12 heteroatoms. The van der Waals surface area contributed by atoms with Crippen molar-refractivity contribution in [3.05, 3.63) is 102 Å². The van der Waals surface area contributed by atoms with E-state index in [-0.39, 0.29) is 23.7 Å². The fourth-order valence-corrected chi connectivity index (χ4v) is 2.67. The van der Waals surface area contributed by atoms with Gasteiger partial charge < -0.3 is 14.2 Å². The van der Waals surface area contributed by atoms with Crippen LogP contribution in [0.3, 0.4) is 0 Å². The van der Waals surface area contributed by atoms with Crippen molar-refractivity contribution in [2.45, 2.75) is 6.18 Å². The maximum absolute atomic E-state index is 14.4. The number of hydrogen-bond donors (Lipinski definition) is 0. The number of nitrogens with zero attached hydrogens (tertiary/aromatic N) is 2. The predicted molar refractivity (Wildman–Crippen MR) is 120 cm³/mol. The quantitative estimate of drug-likeness (QED) is 0.134. The predicted octanol–water partition coefficient (Wildman–Crippen LogP) is 5.08. The number of carbonyl (C=O) groups excluding carboxylic acids is 3. The van der Waals surface area contributed by atoms with Gasteiger partial charge >= 0.3 is 24.1 Å². The van der Waals surface area contributed by atoms with Crippen molar-refractivity contribution in [1.82, 2.24) is 9.97 Å². The van der Waals surface area contributed by atoms with E-state index >= 15 is 0 Å². The summed E-state index contributed by atoms with van der Waals surface area (Å²) in [6.07, 6.45) is -0.991. The summed E-state index contributed by atoms with van der Waals surface area (Å²) < 4.78 is 65.8. The lowest BCUT2D eigenvalue weighted by Crippen LogP contribution is -2.18. The molecule has 3 aromatic rings. The second-order valence-corrected chi connectivity index (χ2v) is 7.10. The van der Waals surface area contributed by atoms with Gasteiger partial charge in [-0.25, -0.2) is 28.7 Å². The van der Waals surface area contributed by atoms with Gasteiger partial charge in [0.05, 0.1) is 16.7 Å². The monoisotopic (exact) mass is 516 g/mol. The van der Waals surface area contributed by atoms with Crippen LogP contribution < -0.4 is 4.74 Å². The number of ether oxygens (including phenoxy) is 3. The number of alkyl halides is 3. The largest absolute Gasteiger partial charge is 0.458 e. The molecule has 0 N–H and O–H groups in total. The van der Waals surface area contributed by atoms with Gasteiger partial charge in [-0.15, -0.1) is 0 Å². The van der Waals surface area contributed by atoms with Crippen LogP contribution in [0.15, 0.2) is 79.9 Å². The van der Waals surface area contributed by atoms with E-state index in [4.69, 9.17) is 9.47 Å². The summed E-state index contributed by atoms with van der Waals surface area (Å²) in [5.41, 5.74) is -0.482. The van der Waals surface area contributed by atoms with E-state index in [1.54, 1.807) is 0 Å². The van der Waals surface area contributed by atoms with Gasteiger partial charge in [-0.1, -0.05) is 19.2 Å². The number of allylic oxidation sites excluding steroid dienone is 1. The SMILES string of the molecule is C=CCOC(=O)c1cnc(-c2ccc(OC(=O)c3ccc(C(=O)OC(=C)C(F)(F)F)cc3F)cc2)nc1. The molecule has 0 atom stereocenters. The highest BCUT2D eigenvalue weighted by atomic mass is 19.4. The second kappa shape index (κ2) is 11.2. The van der Waals surface area contributed by atoms with Gasteiger partial charge in [0.25, 0.3) is 0 Å². The van der Waals surface area contributed by atoms with Crippen LogP contribution in [0.4, 0.5) is 17.6 Å². The smallest absolute Gasteiger partial charge is 0.449 e. The van der Waals surface area contributed by atoms with E-state index < -0.39 is 46.8 Å². The van der Waals surface area contributed by atoms with Gasteiger partial charge in [-0.3, -0.25) is 0 Å². The summed E-state index contributed by atoms with van der Waals surface area (Å²) in [5.74, 6) is -5.92. The lowest BCUT2D eigenvalue weighted by atomic mass is 10.1. The first-order valence-electron chi connectivity index (χ1n) is 10.2. The number of rotatable bonds is 8. The van der Waals surface area contributed by atoms with Crippen LogP contribution in [-0.2, 0) is 9.47 Å². The molecule has 0 saturated heterocycles. The normalized spacial score (nSPS) is 10.8. The average Bonchev–Trinajstić information content (AvgIpc) is 2.87. The van der Waals surface area contributed by atoms with Crippen LogP contribution in [0.1, 0.15) is 31.1 Å². The van der Waals surface area contributed by atoms with Crippen LogP contribution in [0, 0.1) is 5.82 Å². The maximum atomic E-state index is 14.4. The van der Waals surface area contributed by atoms with E-state index in [9.17, 15) is 31.9 Å². The molecule has 0 amide bonds. The third-order valence-electron chi connectivity index (χ3n) is 4.50. The van der Waals surface area contributed by atoms with Gasteiger partial charge in [-0.2, -0.15) is 13.2 Å². The van der Waals surface area contributed by atoms with Gasteiger partial charge in [0.1, 0.15) is 18.2 Å². The number of esters is 3. The number of carbonyl (C=O) groups is 3. The molecule has 2 aromatic carbocycles. The minimum Gasteiger partial charge on any atom is -0.458 e. The molecule has 1 aromatic heterocycles. The Bertz CT molecular complexity index is 1350. The first-order valence-corrected chi connectivity index (χ1v) is 10.2. The Morgan fingerprint density at radius 1 is 0.919 bits per heavy atom. The number of halogens is 4. The van der Waals surface area contributed by atoms with Crippen molar-refractivity contribution in [1.29, 1.82) is 0 Å². The number of benzene rings is 2. The van der Waals surface area contributed by atoms with Crippen molar-refractivity contribution in [3.8, 4) is 17.1 Å². The molecule has 0 spiro atoms. The van der Waals surface area contributed by atoms with E-state index in [0.717, 1.165) is 12.1 Å².